The molecule has 1 aromatic heterocycles. The number of aliphatic hydroxyl groups excluding tert-OH is 1. The summed E-state index contributed by atoms with van der Waals surface area (Å²) in [7, 11) is -4.02. The second-order valence-electron chi connectivity index (χ2n) is 11.8. The van der Waals surface area contributed by atoms with Gasteiger partial charge in [0.25, 0.3) is 0 Å². The van der Waals surface area contributed by atoms with Crippen molar-refractivity contribution in [3.8, 4) is 28.1 Å². The maximum absolute atomic E-state index is 15.2. The van der Waals surface area contributed by atoms with Crippen LogP contribution in [0.2, 0.25) is 0 Å². The third-order valence-electron chi connectivity index (χ3n) is 8.81. The van der Waals surface area contributed by atoms with Gasteiger partial charge in [0.05, 0.1) is 17.6 Å². The van der Waals surface area contributed by atoms with Gasteiger partial charge < -0.3 is 9.67 Å². The fourth-order valence-electron chi connectivity index (χ4n) is 6.64. The van der Waals surface area contributed by atoms with Crippen molar-refractivity contribution >= 4 is 15.9 Å². The van der Waals surface area contributed by atoms with Crippen LogP contribution in [0.15, 0.2) is 115 Å². The Morgan fingerprint density at radius 3 is 2.24 bits per heavy atom. The molecule has 1 aliphatic heterocycles. The lowest BCUT2D eigenvalue weighted by Gasteiger charge is -2.31. The van der Waals surface area contributed by atoms with Crippen LogP contribution in [-0.4, -0.2) is 23.1 Å². The molecule has 7 rings (SSSR count). The van der Waals surface area contributed by atoms with E-state index in [0.29, 0.717) is 22.9 Å². The lowest BCUT2D eigenvalue weighted by molar-refractivity contribution is 0.320. The van der Waals surface area contributed by atoms with E-state index in [1.807, 2.05) is 28.8 Å². The van der Waals surface area contributed by atoms with E-state index in [2.05, 4.69) is 41.1 Å². The Hall–Kier alpha value is -4.96. The molecular formula is C36H32F2N4O3S. The van der Waals surface area contributed by atoms with Gasteiger partial charge in [-0.1, -0.05) is 79.9 Å². The standard InChI is InChI=1S/C36H32F2N4O3S/c37-28-18-19-31(32(38)20-28)33-22-41(29-12-7-13-30(21-29)42-23-34(43)40-46(42,44)45)36(39-33)35(26-10-5-2-6-11-26)27-16-14-25(15-17-27)24-8-3-1-4-9-24/h1,3-4,7-9,12-23,26,35,40,43H,2,5-6,10-11H2. The summed E-state index contributed by atoms with van der Waals surface area (Å²) in [6.45, 7) is 0. The summed E-state index contributed by atoms with van der Waals surface area (Å²) < 4.78 is 59.3. The molecule has 1 saturated carbocycles. The molecule has 1 fully saturated rings. The van der Waals surface area contributed by atoms with E-state index in [1.165, 1.54) is 12.1 Å². The van der Waals surface area contributed by atoms with E-state index in [-0.39, 0.29) is 17.4 Å². The fourth-order valence-corrected chi connectivity index (χ4v) is 7.69. The Balaban J connectivity index is 1.39. The van der Waals surface area contributed by atoms with Crippen molar-refractivity contribution in [3.05, 3.63) is 138 Å². The van der Waals surface area contributed by atoms with Gasteiger partial charge in [-0.15, -0.1) is 0 Å². The molecule has 2 N–H and O–H groups in total. The number of nitrogens with one attached hydrogen (secondary N) is 1. The van der Waals surface area contributed by atoms with E-state index >= 15 is 4.39 Å². The molecule has 5 aromatic rings. The number of hydrogen-bond donors (Lipinski definition) is 2. The zero-order chi connectivity index (χ0) is 31.8. The normalized spacial score (nSPS) is 17.0. The number of halogens is 2. The van der Waals surface area contributed by atoms with Gasteiger partial charge in [0, 0.05) is 29.4 Å². The third kappa shape index (κ3) is 5.76. The van der Waals surface area contributed by atoms with Gasteiger partial charge in [0.2, 0.25) is 5.88 Å². The second kappa shape index (κ2) is 12.1. The molecular weight excluding hydrogens is 606 g/mol. The summed E-state index contributed by atoms with van der Waals surface area (Å²) >= 11 is 0. The summed E-state index contributed by atoms with van der Waals surface area (Å²) in [5, 5.41) is 9.89. The van der Waals surface area contributed by atoms with E-state index < -0.39 is 27.7 Å². The quantitative estimate of drug-likeness (QED) is 0.188. The Kier molecular flexibility index (Phi) is 7.82. The van der Waals surface area contributed by atoms with Crippen molar-refractivity contribution in [3.63, 3.8) is 0 Å². The smallest absolute Gasteiger partial charge is 0.330 e. The highest BCUT2D eigenvalue weighted by Gasteiger charge is 2.33. The number of nitrogens with zero attached hydrogens (tertiary/aromatic N) is 3. The summed E-state index contributed by atoms with van der Waals surface area (Å²) in [5.41, 5.74) is 4.68. The van der Waals surface area contributed by atoms with Crippen LogP contribution in [0.1, 0.15) is 49.4 Å². The number of imidazole rings is 1. The number of rotatable bonds is 7. The molecule has 4 aromatic carbocycles. The first-order valence-electron chi connectivity index (χ1n) is 15.3. The average Bonchev–Trinajstić information content (AvgIpc) is 3.61. The predicted molar refractivity (Wildman–Crippen MR) is 174 cm³/mol. The molecule has 2 aliphatic rings. The van der Waals surface area contributed by atoms with E-state index in [0.717, 1.165) is 65.4 Å². The van der Waals surface area contributed by atoms with Crippen LogP contribution in [0.5, 0.6) is 0 Å². The number of hydrogen-bond acceptors (Lipinski definition) is 4. The summed E-state index contributed by atoms with van der Waals surface area (Å²) in [6.07, 6.45) is 8.17. The van der Waals surface area contributed by atoms with Crippen molar-refractivity contribution in [1.29, 1.82) is 0 Å². The van der Waals surface area contributed by atoms with Crippen LogP contribution in [0, 0.1) is 17.6 Å². The first kappa shape index (κ1) is 29.7. The maximum atomic E-state index is 15.2. The van der Waals surface area contributed by atoms with Crippen molar-refractivity contribution < 1.29 is 22.3 Å². The van der Waals surface area contributed by atoms with Gasteiger partial charge in [0.15, 0.2) is 0 Å². The van der Waals surface area contributed by atoms with Crippen molar-refractivity contribution in [2.45, 2.75) is 38.0 Å². The van der Waals surface area contributed by atoms with Crippen molar-refractivity contribution in [2.75, 3.05) is 4.31 Å². The molecule has 1 unspecified atom stereocenters. The van der Waals surface area contributed by atoms with Crippen LogP contribution in [0.4, 0.5) is 14.5 Å². The average molecular weight is 639 g/mol. The van der Waals surface area contributed by atoms with E-state index in [4.69, 9.17) is 4.98 Å². The summed E-state index contributed by atoms with van der Waals surface area (Å²) in [4.78, 5) is 5.05. The molecule has 46 heavy (non-hydrogen) atoms. The van der Waals surface area contributed by atoms with Gasteiger partial charge in [-0.05, 0) is 65.8 Å². The highest BCUT2D eigenvalue weighted by Crippen LogP contribution is 2.42. The van der Waals surface area contributed by atoms with Gasteiger partial charge >= 0.3 is 10.2 Å². The Labute approximate surface area is 266 Å². The van der Waals surface area contributed by atoms with E-state index in [1.54, 1.807) is 24.4 Å². The Bertz CT molecular complexity index is 2020. The summed E-state index contributed by atoms with van der Waals surface area (Å²) in [5.74, 6) is -1.11. The number of benzene rings is 4. The maximum Gasteiger partial charge on any atom is 0.330 e. The SMILES string of the molecule is O=S1(=O)NC(O)=CN1c1cccc(-n2cc(-c3ccc(F)cc3F)nc2C(c2ccc(-c3ccccc3)cc2)C2CCCCC2)c1. The van der Waals surface area contributed by atoms with E-state index in [9.17, 15) is 17.9 Å². The fraction of sp³-hybridized carbons (Fsp3) is 0.194. The minimum atomic E-state index is -4.02. The molecule has 1 aliphatic carbocycles. The van der Waals surface area contributed by atoms with Crippen LogP contribution < -0.4 is 9.03 Å². The zero-order valence-electron chi connectivity index (χ0n) is 24.9. The van der Waals surface area contributed by atoms with Gasteiger partial charge in [-0.3, -0.25) is 0 Å². The largest absolute Gasteiger partial charge is 0.493 e. The van der Waals surface area contributed by atoms with Crippen molar-refractivity contribution in [1.82, 2.24) is 14.3 Å². The highest BCUT2D eigenvalue weighted by atomic mass is 32.2. The second-order valence-corrected chi connectivity index (χ2v) is 13.3. The van der Waals surface area contributed by atoms with Gasteiger partial charge in [-0.25, -0.2) is 22.8 Å². The number of aliphatic hydroxyl groups is 1. The molecule has 7 nitrogen and oxygen atoms in total. The van der Waals surface area contributed by atoms with Crippen LogP contribution >= 0.6 is 0 Å². The molecule has 2 heterocycles. The molecule has 234 valence electrons. The topological polar surface area (TPSA) is 87.5 Å². The minimum Gasteiger partial charge on any atom is -0.493 e. The molecule has 0 spiro atoms. The van der Waals surface area contributed by atoms with Crippen LogP contribution in [-0.2, 0) is 10.2 Å². The number of anilines is 1. The van der Waals surface area contributed by atoms with Gasteiger partial charge in [0.1, 0.15) is 17.5 Å². The lowest BCUT2D eigenvalue weighted by Crippen LogP contribution is -2.29. The third-order valence-corrected chi connectivity index (χ3v) is 10.1. The van der Waals surface area contributed by atoms with Crippen LogP contribution in [0.3, 0.4) is 0 Å². The molecule has 0 radical (unpaired) electrons. The molecule has 0 saturated heterocycles. The highest BCUT2D eigenvalue weighted by molar-refractivity contribution is 7.91. The Morgan fingerprint density at radius 2 is 1.54 bits per heavy atom. The Morgan fingerprint density at radius 1 is 0.826 bits per heavy atom. The molecule has 0 bridgehead atoms. The zero-order valence-corrected chi connectivity index (χ0v) is 25.7. The lowest BCUT2D eigenvalue weighted by atomic mass is 9.76. The first-order valence-corrected chi connectivity index (χ1v) is 16.7. The predicted octanol–water partition coefficient (Wildman–Crippen LogP) is 8.21. The first-order chi connectivity index (χ1) is 22.3. The van der Waals surface area contributed by atoms with Crippen molar-refractivity contribution in [2.24, 2.45) is 5.92 Å². The molecule has 0 amide bonds. The van der Waals surface area contributed by atoms with Gasteiger partial charge in [-0.2, -0.15) is 8.42 Å². The molecule has 10 heteroatoms. The molecule has 1 atom stereocenters. The minimum absolute atomic E-state index is 0.160. The summed E-state index contributed by atoms with van der Waals surface area (Å²) in [6, 6.07) is 28.9. The van der Waals surface area contributed by atoms with Crippen LogP contribution in [0.25, 0.3) is 28.1 Å². The number of aromatic nitrogens is 2. The monoisotopic (exact) mass is 638 g/mol.